The first-order valence-corrected chi connectivity index (χ1v) is 11.3. The number of likely N-dealkylation sites (tertiary alicyclic amines) is 1. The molecule has 9 heteroatoms. The molecular weight excluding hydrogens is 412 g/mol. The first-order chi connectivity index (χ1) is 15.3. The summed E-state index contributed by atoms with van der Waals surface area (Å²) in [5.74, 6) is -0.595. The van der Waals surface area contributed by atoms with Gasteiger partial charge in [0, 0.05) is 38.0 Å². The van der Waals surface area contributed by atoms with Gasteiger partial charge in [-0.1, -0.05) is 18.9 Å². The zero-order chi connectivity index (χ0) is 22.9. The number of fused-ring (bicyclic) bond motifs is 1. The molecule has 2 heterocycles. The van der Waals surface area contributed by atoms with E-state index in [9.17, 15) is 24.3 Å². The molecule has 2 saturated heterocycles. The van der Waals surface area contributed by atoms with Crippen LogP contribution in [-0.2, 0) is 14.4 Å². The zero-order valence-corrected chi connectivity index (χ0v) is 18.3. The van der Waals surface area contributed by atoms with Crippen LogP contribution in [0.5, 0.6) is 0 Å². The molecule has 32 heavy (non-hydrogen) atoms. The molecule has 1 aliphatic carbocycles. The van der Waals surface area contributed by atoms with Crippen LogP contribution in [0, 0.1) is 5.92 Å². The van der Waals surface area contributed by atoms with Gasteiger partial charge in [-0.05, 0) is 43.9 Å². The highest BCUT2D eigenvalue weighted by Crippen LogP contribution is 2.40. The zero-order valence-electron chi connectivity index (χ0n) is 18.3. The molecule has 1 aromatic rings. The van der Waals surface area contributed by atoms with E-state index in [0.717, 1.165) is 30.6 Å². The van der Waals surface area contributed by atoms with Gasteiger partial charge in [-0.25, -0.2) is 9.69 Å². The molecule has 4 rings (SSSR count). The molecule has 3 atom stereocenters. The highest BCUT2D eigenvalue weighted by Gasteiger charge is 2.44. The van der Waals surface area contributed by atoms with Crippen LogP contribution in [0.25, 0.3) is 0 Å². The van der Waals surface area contributed by atoms with Gasteiger partial charge in [0.25, 0.3) is 5.91 Å². The lowest BCUT2D eigenvalue weighted by atomic mass is 9.71. The second-order valence-electron chi connectivity index (χ2n) is 9.08. The SMILES string of the molecule is CC(=O)Nc1cccc(N2C(=O)N[C@@H](CCC(=O)N3CC[C@@]4(O)CCCC[C@@H]4C3)C2=O)c1. The van der Waals surface area contributed by atoms with E-state index in [4.69, 9.17) is 0 Å². The summed E-state index contributed by atoms with van der Waals surface area (Å²) < 4.78 is 0. The third-order valence-corrected chi connectivity index (χ3v) is 6.87. The Hall–Kier alpha value is -2.94. The number of urea groups is 1. The highest BCUT2D eigenvalue weighted by molar-refractivity contribution is 6.21. The quantitative estimate of drug-likeness (QED) is 0.603. The van der Waals surface area contributed by atoms with Crippen molar-refractivity contribution < 1.29 is 24.3 Å². The Morgan fingerprint density at radius 1 is 1.25 bits per heavy atom. The Kier molecular flexibility index (Phi) is 6.19. The molecule has 0 spiro atoms. The van der Waals surface area contributed by atoms with Gasteiger partial charge in [0.2, 0.25) is 11.8 Å². The number of imide groups is 1. The number of benzene rings is 1. The number of rotatable bonds is 5. The molecule has 172 valence electrons. The molecule has 1 saturated carbocycles. The average Bonchev–Trinajstić information content (AvgIpc) is 3.04. The van der Waals surface area contributed by atoms with Crippen molar-refractivity contribution >= 4 is 35.1 Å². The molecule has 3 aliphatic rings. The van der Waals surface area contributed by atoms with E-state index in [1.165, 1.54) is 6.92 Å². The molecule has 3 fully saturated rings. The van der Waals surface area contributed by atoms with E-state index in [0.29, 0.717) is 30.9 Å². The van der Waals surface area contributed by atoms with Gasteiger partial charge in [0.1, 0.15) is 6.04 Å². The Labute approximate surface area is 187 Å². The van der Waals surface area contributed by atoms with E-state index in [1.54, 1.807) is 29.2 Å². The van der Waals surface area contributed by atoms with Gasteiger partial charge in [-0.3, -0.25) is 14.4 Å². The van der Waals surface area contributed by atoms with E-state index in [1.807, 2.05) is 0 Å². The normalized spacial score (nSPS) is 27.7. The molecule has 0 bridgehead atoms. The minimum atomic E-state index is -0.771. The van der Waals surface area contributed by atoms with Gasteiger partial charge in [0.15, 0.2) is 0 Å². The summed E-state index contributed by atoms with van der Waals surface area (Å²) >= 11 is 0. The summed E-state index contributed by atoms with van der Waals surface area (Å²) in [6.45, 7) is 2.46. The Morgan fingerprint density at radius 2 is 2.06 bits per heavy atom. The Morgan fingerprint density at radius 3 is 2.84 bits per heavy atom. The summed E-state index contributed by atoms with van der Waals surface area (Å²) in [4.78, 5) is 52.2. The first kappa shape index (κ1) is 22.3. The fourth-order valence-electron chi connectivity index (χ4n) is 5.12. The van der Waals surface area contributed by atoms with Crippen molar-refractivity contribution in [1.29, 1.82) is 0 Å². The van der Waals surface area contributed by atoms with Crippen LogP contribution in [-0.4, -0.2) is 58.5 Å². The van der Waals surface area contributed by atoms with Crippen molar-refractivity contribution in [2.75, 3.05) is 23.3 Å². The molecule has 0 aromatic heterocycles. The van der Waals surface area contributed by atoms with Crippen molar-refractivity contribution in [3.8, 4) is 0 Å². The van der Waals surface area contributed by atoms with Gasteiger partial charge in [-0.2, -0.15) is 0 Å². The summed E-state index contributed by atoms with van der Waals surface area (Å²) in [7, 11) is 0. The summed E-state index contributed by atoms with van der Waals surface area (Å²) in [6, 6.07) is 5.19. The maximum Gasteiger partial charge on any atom is 0.329 e. The minimum Gasteiger partial charge on any atom is -0.389 e. The Bertz CT molecular complexity index is 935. The summed E-state index contributed by atoms with van der Waals surface area (Å²) in [5, 5.41) is 16.1. The predicted octanol–water partition coefficient (Wildman–Crippen LogP) is 2.00. The lowest BCUT2D eigenvalue weighted by Crippen LogP contribution is -2.54. The van der Waals surface area contributed by atoms with E-state index >= 15 is 0 Å². The second kappa shape index (κ2) is 8.90. The highest BCUT2D eigenvalue weighted by atomic mass is 16.3. The summed E-state index contributed by atoms with van der Waals surface area (Å²) in [5.41, 5.74) is 0.207. The predicted molar refractivity (Wildman–Crippen MR) is 118 cm³/mol. The standard InChI is InChI=1S/C23H30N4O5/c1-15(28)24-17-6-4-7-18(13-17)27-21(30)19(25-22(27)31)8-9-20(29)26-12-11-23(32)10-3-2-5-16(23)14-26/h4,6-7,13,16,19,32H,2-3,5,8-12,14H2,1H3,(H,24,28)(H,25,31)/t16-,19+,23+/m1/s1. The molecule has 1 aromatic carbocycles. The van der Waals surface area contributed by atoms with Crippen LogP contribution in [0.2, 0.25) is 0 Å². The number of nitrogens with one attached hydrogen (secondary N) is 2. The van der Waals surface area contributed by atoms with Crippen molar-refractivity contribution in [2.45, 2.75) is 63.5 Å². The fraction of sp³-hybridized carbons (Fsp3) is 0.565. The third kappa shape index (κ3) is 4.48. The number of amides is 5. The molecule has 0 radical (unpaired) electrons. The minimum absolute atomic E-state index is 0.0502. The molecule has 9 nitrogen and oxygen atoms in total. The van der Waals surface area contributed by atoms with Gasteiger partial charge in [0.05, 0.1) is 11.3 Å². The van der Waals surface area contributed by atoms with Crippen molar-refractivity contribution in [3.05, 3.63) is 24.3 Å². The summed E-state index contributed by atoms with van der Waals surface area (Å²) in [6.07, 6.45) is 4.83. The van der Waals surface area contributed by atoms with Crippen LogP contribution in [0.1, 0.15) is 51.9 Å². The molecule has 3 N–H and O–H groups in total. The molecule has 5 amide bonds. The average molecular weight is 443 g/mol. The van der Waals surface area contributed by atoms with Gasteiger partial charge < -0.3 is 20.6 Å². The number of carbonyl (C=O) groups is 4. The van der Waals surface area contributed by atoms with Gasteiger partial charge >= 0.3 is 6.03 Å². The number of hydrogen-bond acceptors (Lipinski definition) is 5. The van der Waals surface area contributed by atoms with Crippen molar-refractivity contribution in [1.82, 2.24) is 10.2 Å². The van der Waals surface area contributed by atoms with E-state index < -0.39 is 23.6 Å². The maximum absolute atomic E-state index is 12.9. The van der Waals surface area contributed by atoms with E-state index in [-0.39, 0.29) is 30.6 Å². The van der Waals surface area contributed by atoms with Crippen molar-refractivity contribution in [3.63, 3.8) is 0 Å². The largest absolute Gasteiger partial charge is 0.389 e. The van der Waals surface area contributed by atoms with Crippen LogP contribution < -0.4 is 15.5 Å². The first-order valence-electron chi connectivity index (χ1n) is 11.3. The smallest absolute Gasteiger partial charge is 0.329 e. The van der Waals surface area contributed by atoms with Crippen LogP contribution in [0.3, 0.4) is 0 Å². The fourth-order valence-corrected chi connectivity index (χ4v) is 5.12. The van der Waals surface area contributed by atoms with Crippen LogP contribution in [0.15, 0.2) is 24.3 Å². The molecule has 2 aliphatic heterocycles. The maximum atomic E-state index is 12.9. The monoisotopic (exact) mass is 442 g/mol. The number of aliphatic hydroxyl groups is 1. The lowest BCUT2D eigenvalue weighted by molar-refractivity contribution is -0.143. The van der Waals surface area contributed by atoms with E-state index in [2.05, 4.69) is 10.6 Å². The third-order valence-electron chi connectivity index (χ3n) is 6.87. The van der Waals surface area contributed by atoms with Crippen LogP contribution in [0.4, 0.5) is 16.2 Å². The number of hydrogen-bond donors (Lipinski definition) is 3. The van der Waals surface area contributed by atoms with Gasteiger partial charge in [-0.15, -0.1) is 0 Å². The number of carbonyl (C=O) groups excluding carboxylic acids is 4. The molecule has 0 unspecified atom stereocenters. The Balaban J connectivity index is 1.35. The van der Waals surface area contributed by atoms with Crippen molar-refractivity contribution in [2.24, 2.45) is 5.92 Å². The lowest BCUT2D eigenvalue weighted by Gasteiger charge is -2.47. The topological polar surface area (TPSA) is 119 Å². The number of piperidine rings is 1. The number of nitrogens with zero attached hydrogens (tertiary/aromatic N) is 2. The second-order valence-corrected chi connectivity index (χ2v) is 9.08. The molecular formula is C23H30N4O5. The van der Waals surface area contributed by atoms with Crippen LogP contribution >= 0.6 is 0 Å². The number of anilines is 2.